The van der Waals surface area contributed by atoms with E-state index in [0.717, 1.165) is 17.8 Å². The van der Waals surface area contributed by atoms with E-state index in [1.54, 1.807) is 17.8 Å². The zero-order chi connectivity index (χ0) is 14.9. The average Bonchev–Trinajstić information content (AvgIpc) is 2.66. The summed E-state index contributed by atoms with van der Waals surface area (Å²) in [6.07, 6.45) is 0. The van der Waals surface area contributed by atoms with Crippen molar-refractivity contribution in [2.75, 3.05) is 0 Å². The van der Waals surface area contributed by atoms with E-state index in [0.29, 0.717) is 11.8 Å². The number of aromatic nitrogens is 2. The van der Waals surface area contributed by atoms with Crippen molar-refractivity contribution in [3.05, 3.63) is 47.3 Å². The van der Waals surface area contributed by atoms with Crippen LogP contribution in [0, 0.1) is 18.6 Å². The van der Waals surface area contributed by atoms with E-state index in [1.165, 1.54) is 0 Å². The van der Waals surface area contributed by atoms with E-state index in [4.69, 9.17) is 0 Å². The van der Waals surface area contributed by atoms with Crippen LogP contribution in [-0.2, 0) is 23.6 Å². The van der Waals surface area contributed by atoms with Crippen LogP contribution >= 0.6 is 0 Å². The lowest BCUT2D eigenvalue weighted by Crippen LogP contribution is -2.24. The van der Waals surface area contributed by atoms with Crippen LogP contribution in [0.3, 0.4) is 0 Å². The van der Waals surface area contributed by atoms with Gasteiger partial charge in [-0.2, -0.15) is 5.10 Å². The number of aryl methyl sites for hydroxylation is 2. The van der Waals surface area contributed by atoms with Crippen molar-refractivity contribution >= 4 is 10.0 Å². The predicted molar refractivity (Wildman–Crippen MR) is 68.3 cm³/mol. The van der Waals surface area contributed by atoms with Gasteiger partial charge in [0.25, 0.3) is 0 Å². The van der Waals surface area contributed by atoms with Gasteiger partial charge in [0.15, 0.2) is 0 Å². The molecule has 2 aromatic rings. The van der Waals surface area contributed by atoms with Crippen molar-refractivity contribution in [1.29, 1.82) is 0 Å². The lowest BCUT2D eigenvalue weighted by Gasteiger charge is -2.06. The van der Waals surface area contributed by atoms with E-state index in [2.05, 4.69) is 9.82 Å². The molecule has 0 aliphatic carbocycles. The Hall–Kier alpha value is -1.80. The van der Waals surface area contributed by atoms with Gasteiger partial charge in [0.1, 0.15) is 16.5 Å². The minimum atomic E-state index is -4.05. The molecule has 0 saturated heterocycles. The molecular formula is C12H13F2N3O2S. The molecule has 0 spiro atoms. The van der Waals surface area contributed by atoms with Gasteiger partial charge in [0.05, 0.1) is 12.2 Å². The second kappa shape index (κ2) is 5.29. The molecule has 0 fully saturated rings. The largest absolute Gasteiger partial charge is 0.273 e. The van der Waals surface area contributed by atoms with Crippen LogP contribution in [0.4, 0.5) is 8.78 Å². The topological polar surface area (TPSA) is 64.0 Å². The maximum absolute atomic E-state index is 13.5. The predicted octanol–water partition coefficient (Wildman–Crippen LogP) is 1.49. The number of hydrogen-bond donors (Lipinski definition) is 1. The second-order valence-corrected chi connectivity index (χ2v) is 6.04. The highest BCUT2D eigenvalue weighted by molar-refractivity contribution is 7.89. The van der Waals surface area contributed by atoms with Crippen LogP contribution in [-0.4, -0.2) is 18.2 Å². The number of rotatable bonds is 4. The molecule has 0 amide bonds. The smallest absolute Gasteiger partial charge is 0.243 e. The van der Waals surface area contributed by atoms with Gasteiger partial charge in [-0.15, -0.1) is 0 Å². The standard InChI is InChI=1S/C12H13F2N3O2S/c1-8-5-10(16-17(8)2)7-15-20(18,19)12-4-3-9(13)6-11(12)14/h3-6,15H,7H2,1-2H3. The molecule has 20 heavy (non-hydrogen) atoms. The van der Waals surface area contributed by atoms with Crippen LogP contribution in [0.1, 0.15) is 11.4 Å². The highest BCUT2D eigenvalue weighted by Gasteiger charge is 2.19. The summed E-state index contributed by atoms with van der Waals surface area (Å²) >= 11 is 0. The number of sulfonamides is 1. The van der Waals surface area contributed by atoms with Gasteiger partial charge in [0.2, 0.25) is 10.0 Å². The first-order chi connectivity index (χ1) is 9.29. The molecule has 5 nitrogen and oxygen atoms in total. The molecule has 0 atom stereocenters. The number of nitrogens with zero attached hydrogens (tertiary/aromatic N) is 2. The normalized spacial score (nSPS) is 11.8. The van der Waals surface area contributed by atoms with Gasteiger partial charge in [0, 0.05) is 18.8 Å². The second-order valence-electron chi connectivity index (χ2n) is 4.30. The third kappa shape index (κ3) is 3.02. The molecule has 0 unspecified atom stereocenters. The molecule has 0 bridgehead atoms. The number of halogens is 2. The van der Waals surface area contributed by atoms with E-state index in [-0.39, 0.29) is 6.54 Å². The lowest BCUT2D eigenvalue weighted by atomic mass is 10.3. The Labute approximate surface area is 115 Å². The molecule has 1 aromatic carbocycles. The van der Waals surface area contributed by atoms with Crippen molar-refractivity contribution in [1.82, 2.24) is 14.5 Å². The molecular weight excluding hydrogens is 288 g/mol. The monoisotopic (exact) mass is 301 g/mol. The van der Waals surface area contributed by atoms with Gasteiger partial charge in [-0.1, -0.05) is 0 Å². The van der Waals surface area contributed by atoms with Crippen molar-refractivity contribution in [2.45, 2.75) is 18.4 Å². The summed E-state index contributed by atoms with van der Waals surface area (Å²) in [7, 11) is -2.32. The van der Waals surface area contributed by atoms with E-state index >= 15 is 0 Å². The fraction of sp³-hybridized carbons (Fsp3) is 0.250. The van der Waals surface area contributed by atoms with Gasteiger partial charge in [-0.3, -0.25) is 4.68 Å². The highest BCUT2D eigenvalue weighted by atomic mass is 32.2. The molecule has 1 heterocycles. The third-order valence-corrected chi connectivity index (χ3v) is 4.23. The van der Waals surface area contributed by atoms with Gasteiger partial charge < -0.3 is 0 Å². The SMILES string of the molecule is Cc1cc(CNS(=O)(=O)c2ccc(F)cc2F)nn1C. The summed E-state index contributed by atoms with van der Waals surface area (Å²) in [6.45, 7) is 1.76. The molecule has 1 N–H and O–H groups in total. The van der Waals surface area contributed by atoms with Crippen molar-refractivity contribution in [3.63, 3.8) is 0 Å². The summed E-state index contributed by atoms with van der Waals surface area (Å²) in [4.78, 5) is -0.591. The Balaban J connectivity index is 2.19. The Bertz CT molecular complexity index is 722. The Kier molecular flexibility index (Phi) is 3.87. The molecule has 2 rings (SSSR count). The van der Waals surface area contributed by atoms with Gasteiger partial charge in [-0.05, 0) is 25.1 Å². The van der Waals surface area contributed by atoms with Crippen LogP contribution < -0.4 is 4.72 Å². The third-order valence-electron chi connectivity index (χ3n) is 2.79. The fourth-order valence-electron chi connectivity index (χ4n) is 1.66. The quantitative estimate of drug-likeness (QED) is 0.930. The van der Waals surface area contributed by atoms with E-state index in [9.17, 15) is 17.2 Å². The molecule has 1 aromatic heterocycles. The van der Waals surface area contributed by atoms with E-state index in [1.807, 2.05) is 6.92 Å². The summed E-state index contributed by atoms with van der Waals surface area (Å²) < 4.78 is 53.9. The van der Waals surface area contributed by atoms with Crippen LogP contribution in [0.25, 0.3) is 0 Å². The first kappa shape index (κ1) is 14.6. The maximum Gasteiger partial charge on any atom is 0.243 e. The zero-order valence-electron chi connectivity index (χ0n) is 10.9. The summed E-state index contributed by atoms with van der Waals surface area (Å²) in [5.74, 6) is -1.96. The van der Waals surface area contributed by atoms with Gasteiger partial charge >= 0.3 is 0 Å². The van der Waals surface area contributed by atoms with Crippen molar-refractivity contribution < 1.29 is 17.2 Å². The first-order valence-corrected chi connectivity index (χ1v) is 7.22. The van der Waals surface area contributed by atoms with E-state index < -0.39 is 26.6 Å². The van der Waals surface area contributed by atoms with Crippen molar-refractivity contribution in [2.24, 2.45) is 7.05 Å². The molecule has 8 heteroatoms. The summed E-state index contributed by atoms with van der Waals surface area (Å²) in [5, 5.41) is 4.08. The maximum atomic E-state index is 13.5. The van der Waals surface area contributed by atoms with Crippen molar-refractivity contribution in [3.8, 4) is 0 Å². The molecule has 108 valence electrons. The minimum Gasteiger partial charge on any atom is -0.273 e. The number of nitrogens with one attached hydrogen (secondary N) is 1. The fourth-order valence-corrected chi connectivity index (χ4v) is 2.72. The van der Waals surface area contributed by atoms with Crippen LogP contribution in [0.5, 0.6) is 0 Å². The van der Waals surface area contributed by atoms with Crippen LogP contribution in [0.15, 0.2) is 29.2 Å². The Morgan fingerprint density at radius 1 is 1.30 bits per heavy atom. The lowest BCUT2D eigenvalue weighted by molar-refractivity contribution is 0.542. The molecule has 0 aliphatic heterocycles. The minimum absolute atomic E-state index is 0.0686. The highest BCUT2D eigenvalue weighted by Crippen LogP contribution is 2.15. The van der Waals surface area contributed by atoms with Gasteiger partial charge in [-0.25, -0.2) is 21.9 Å². The van der Waals surface area contributed by atoms with Crippen LogP contribution in [0.2, 0.25) is 0 Å². The average molecular weight is 301 g/mol. The number of hydrogen-bond acceptors (Lipinski definition) is 3. The molecule has 0 aliphatic rings. The Morgan fingerprint density at radius 2 is 2.00 bits per heavy atom. The summed E-state index contributed by atoms with van der Waals surface area (Å²) in [5.41, 5.74) is 1.38. The molecule has 0 radical (unpaired) electrons. The number of benzene rings is 1. The summed E-state index contributed by atoms with van der Waals surface area (Å²) in [6, 6.07) is 4.02. The first-order valence-electron chi connectivity index (χ1n) is 5.74. The Morgan fingerprint density at radius 3 is 2.55 bits per heavy atom. The zero-order valence-corrected chi connectivity index (χ0v) is 11.7. The molecule has 0 saturated carbocycles.